The molecular formula is C13H12FNO2S. The molecule has 0 aliphatic rings. The van der Waals surface area contributed by atoms with Crippen molar-refractivity contribution in [2.24, 2.45) is 0 Å². The summed E-state index contributed by atoms with van der Waals surface area (Å²) in [5.41, 5.74) is 6.29. The van der Waals surface area contributed by atoms with E-state index < -0.39 is 15.7 Å². The molecule has 2 N–H and O–H groups in total. The third kappa shape index (κ3) is 2.68. The monoisotopic (exact) mass is 265 g/mol. The molecule has 0 bridgehead atoms. The average Bonchev–Trinajstić information content (AvgIpc) is 2.33. The van der Waals surface area contributed by atoms with Gasteiger partial charge in [0.2, 0.25) is 0 Å². The second-order valence-electron chi connectivity index (χ2n) is 3.93. The van der Waals surface area contributed by atoms with E-state index in [0.717, 1.165) is 12.1 Å². The van der Waals surface area contributed by atoms with E-state index in [1.165, 1.54) is 6.07 Å². The molecule has 5 heteroatoms. The van der Waals surface area contributed by atoms with Crippen LogP contribution in [0.3, 0.4) is 0 Å². The summed E-state index contributed by atoms with van der Waals surface area (Å²) in [6.07, 6.45) is 0. The number of benzene rings is 2. The average molecular weight is 265 g/mol. The largest absolute Gasteiger partial charge is 0.398 e. The first-order valence-electron chi connectivity index (χ1n) is 5.31. The number of nitrogen functional groups attached to an aromatic ring is 1. The Labute approximate surface area is 105 Å². The lowest BCUT2D eigenvalue weighted by atomic mass is 10.2. The molecule has 18 heavy (non-hydrogen) atoms. The Morgan fingerprint density at radius 1 is 1.06 bits per heavy atom. The molecule has 0 heterocycles. The normalized spacial score (nSPS) is 11.4. The first-order valence-corrected chi connectivity index (χ1v) is 6.96. The highest BCUT2D eigenvalue weighted by Gasteiger charge is 2.19. The Hall–Kier alpha value is -1.88. The quantitative estimate of drug-likeness (QED) is 0.867. The van der Waals surface area contributed by atoms with E-state index in [1.807, 2.05) is 0 Å². The van der Waals surface area contributed by atoms with Gasteiger partial charge in [-0.2, -0.15) is 0 Å². The Morgan fingerprint density at radius 2 is 1.72 bits per heavy atom. The van der Waals surface area contributed by atoms with E-state index in [2.05, 4.69) is 0 Å². The van der Waals surface area contributed by atoms with E-state index in [-0.39, 0.29) is 16.3 Å². The predicted octanol–water partition coefficient (Wildman–Crippen LogP) is 2.38. The van der Waals surface area contributed by atoms with Crippen molar-refractivity contribution >= 4 is 15.5 Å². The van der Waals surface area contributed by atoms with Crippen molar-refractivity contribution in [3.63, 3.8) is 0 Å². The standard InChI is InChI=1S/C13H12FNO2S/c14-11-6-7-12(15)13(8-11)18(16,17)9-10-4-2-1-3-5-10/h1-8H,9,15H2. The summed E-state index contributed by atoms with van der Waals surface area (Å²) < 4.78 is 37.4. The first kappa shape index (κ1) is 12.6. The molecule has 2 rings (SSSR count). The minimum absolute atomic E-state index is 0.0623. The fraction of sp³-hybridized carbons (Fsp3) is 0.0769. The van der Waals surface area contributed by atoms with Crippen LogP contribution in [0.5, 0.6) is 0 Å². The zero-order valence-electron chi connectivity index (χ0n) is 9.51. The van der Waals surface area contributed by atoms with Gasteiger partial charge in [-0.1, -0.05) is 30.3 Å². The van der Waals surface area contributed by atoms with Crippen LogP contribution in [0.1, 0.15) is 5.56 Å². The molecule has 0 fully saturated rings. The molecule has 0 amide bonds. The Balaban J connectivity index is 2.40. The number of anilines is 1. The zero-order valence-corrected chi connectivity index (χ0v) is 10.3. The molecule has 0 spiro atoms. The van der Waals surface area contributed by atoms with Crippen LogP contribution in [-0.2, 0) is 15.6 Å². The third-order valence-electron chi connectivity index (χ3n) is 2.51. The van der Waals surface area contributed by atoms with Crippen LogP contribution in [0, 0.1) is 5.82 Å². The molecule has 0 aromatic heterocycles. The van der Waals surface area contributed by atoms with Crippen molar-refractivity contribution in [1.82, 2.24) is 0 Å². The van der Waals surface area contributed by atoms with Crippen LogP contribution in [0.25, 0.3) is 0 Å². The van der Waals surface area contributed by atoms with Gasteiger partial charge < -0.3 is 5.73 Å². The first-order chi connectivity index (χ1) is 8.49. The molecule has 0 saturated heterocycles. The molecule has 0 aliphatic heterocycles. The van der Waals surface area contributed by atoms with Gasteiger partial charge in [-0.15, -0.1) is 0 Å². The van der Waals surface area contributed by atoms with Crippen molar-refractivity contribution in [3.8, 4) is 0 Å². The smallest absolute Gasteiger partial charge is 0.184 e. The molecule has 0 unspecified atom stereocenters. The number of sulfone groups is 1. The minimum Gasteiger partial charge on any atom is -0.398 e. The van der Waals surface area contributed by atoms with Crippen LogP contribution in [0.4, 0.5) is 10.1 Å². The molecule has 0 aliphatic carbocycles. The van der Waals surface area contributed by atoms with E-state index in [9.17, 15) is 12.8 Å². The third-order valence-corrected chi connectivity index (χ3v) is 4.25. The summed E-state index contributed by atoms with van der Waals surface area (Å²) >= 11 is 0. The number of hydrogen-bond acceptors (Lipinski definition) is 3. The fourth-order valence-electron chi connectivity index (χ4n) is 1.65. The van der Waals surface area contributed by atoms with Crippen LogP contribution in [-0.4, -0.2) is 8.42 Å². The van der Waals surface area contributed by atoms with Gasteiger partial charge in [0.25, 0.3) is 0 Å². The number of rotatable bonds is 3. The van der Waals surface area contributed by atoms with E-state index in [1.54, 1.807) is 30.3 Å². The second-order valence-corrected chi connectivity index (χ2v) is 5.88. The van der Waals surface area contributed by atoms with Crippen LogP contribution in [0.2, 0.25) is 0 Å². The summed E-state index contributed by atoms with van der Waals surface area (Å²) in [7, 11) is -3.63. The summed E-state index contributed by atoms with van der Waals surface area (Å²) in [6.45, 7) is 0. The summed E-state index contributed by atoms with van der Waals surface area (Å²) in [4.78, 5) is -0.161. The molecular weight excluding hydrogens is 253 g/mol. The Bertz CT molecular complexity index is 654. The van der Waals surface area contributed by atoms with Crippen molar-refractivity contribution in [2.75, 3.05) is 5.73 Å². The van der Waals surface area contributed by atoms with E-state index in [4.69, 9.17) is 5.73 Å². The number of hydrogen-bond donors (Lipinski definition) is 1. The van der Waals surface area contributed by atoms with Crippen LogP contribution < -0.4 is 5.73 Å². The van der Waals surface area contributed by atoms with E-state index in [0.29, 0.717) is 5.56 Å². The number of halogens is 1. The van der Waals surface area contributed by atoms with Gasteiger partial charge >= 0.3 is 0 Å². The van der Waals surface area contributed by atoms with Gasteiger partial charge in [-0.25, -0.2) is 12.8 Å². The predicted molar refractivity (Wildman–Crippen MR) is 68.1 cm³/mol. The van der Waals surface area contributed by atoms with E-state index >= 15 is 0 Å². The lowest BCUT2D eigenvalue weighted by Crippen LogP contribution is -2.08. The highest BCUT2D eigenvalue weighted by atomic mass is 32.2. The lowest BCUT2D eigenvalue weighted by molar-refractivity contribution is 0.590. The van der Waals surface area contributed by atoms with Crippen LogP contribution in [0.15, 0.2) is 53.4 Å². The van der Waals surface area contributed by atoms with Gasteiger partial charge in [0.05, 0.1) is 16.3 Å². The van der Waals surface area contributed by atoms with Crippen molar-refractivity contribution < 1.29 is 12.8 Å². The second kappa shape index (κ2) is 4.78. The van der Waals surface area contributed by atoms with Gasteiger partial charge in [-0.3, -0.25) is 0 Å². The Morgan fingerprint density at radius 3 is 2.39 bits per heavy atom. The maximum absolute atomic E-state index is 13.1. The van der Waals surface area contributed by atoms with Gasteiger partial charge in [0, 0.05) is 0 Å². The molecule has 2 aromatic rings. The fourth-order valence-corrected chi connectivity index (χ4v) is 3.16. The SMILES string of the molecule is Nc1ccc(F)cc1S(=O)(=O)Cc1ccccc1. The van der Waals surface area contributed by atoms with Crippen molar-refractivity contribution in [2.45, 2.75) is 10.6 Å². The lowest BCUT2D eigenvalue weighted by Gasteiger charge is -2.07. The highest BCUT2D eigenvalue weighted by molar-refractivity contribution is 7.90. The maximum atomic E-state index is 13.1. The topological polar surface area (TPSA) is 60.2 Å². The molecule has 0 saturated carbocycles. The molecule has 2 aromatic carbocycles. The number of nitrogens with two attached hydrogens (primary N) is 1. The van der Waals surface area contributed by atoms with Gasteiger partial charge in [0.1, 0.15) is 5.82 Å². The molecule has 94 valence electrons. The van der Waals surface area contributed by atoms with Gasteiger partial charge in [-0.05, 0) is 23.8 Å². The molecule has 3 nitrogen and oxygen atoms in total. The molecule has 0 radical (unpaired) electrons. The summed E-state index contributed by atoms with van der Waals surface area (Å²) in [5, 5.41) is 0. The van der Waals surface area contributed by atoms with Crippen LogP contribution >= 0.6 is 0 Å². The Kier molecular flexibility index (Phi) is 3.34. The summed E-state index contributed by atoms with van der Waals surface area (Å²) in [5.74, 6) is -0.808. The zero-order chi connectivity index (χ0) is 13.2. The maximum Gasteiger partial charge on any atom is 0.184 e. The molecule has 0 atom stereocenters. The summed E-state index contributed by atoms with van der Waals surface area (Å²) in [6, 6.07) is 12.0. The van der Waals surface area contributed by atoms with Crippen molar-refractivity contribution in [3.05, 3.63) is 59.9 Å². The van der Waals surface area contributed by atoms with Crippen molar-refractivity contribution in [1.29, 1.82) is 0 Å². The highest BCUT2D eigenvalue weighted by Crippen LogP contribution is 2.23. The van der Waals surface area contributed by atoms with Gasteiger partial charge in [0.15, 0.2) is 9.84 Å². The minimum atomic E-state index is -3.63.